The zero-order chi connectivity index (χ0) is 17.8. The molecule has 1 heterocycles. The average Bonchev–Trinajstić information content (AvgIpc) is 3.37. The predicted octanol–water partition coefficient (Wildman–Crippen LogP) is -0.229. The summed E-state index contributed by atoms with van der Waals surface area (Å²) in [4.78, 5) is 25.8. The lowest BCUT2D eigenvalue weighted by Crippen LogP contribution is -2.52. The monoisotopic (exact) mass is 347 g/mol. The molecule has 2 aliphatic rings. The molecule has 1 aliphatic heterocycles. The van der Waals surface area contributed by atoms with Crippen LogP contribution in [0.1, 0.15) is 24.8 Å². The van der Waals surface area contributed by atoms with Gasteiger partial charge in [0.15, 0.2) is 0 Å². The molecule has 2 unspecified atom stereocenters. The lowest BCUT2D eigenvalue weighted by atomic mass is 10.1. The van der Waals surface area contributed by atoms with Crippen LogP contribution in [0.2, 0.25) is 0 Å². The van der Waals surface area contributed by atoms with E-state index in [4.69, 9.17) is 10.5 Å². The highest BCUT2D eigenvalue weighted by molar-refractivity contribution is 5.84. The van der Waals surface area contributed by atoms with Crippen LogP contribution in [0.15, 0.2) is 30.3 Å². The molecule has 0 aromatic heterocycles. The zero-order valence-electron chi connectivity index (χ0n) is 14.1. The Hall–Kier alpha value is -1.96. The van der Waals surface area contributed by atoms with Gasteiger partial charge in [-0.05, 0) is 18.4 Å². The second-order valence-electron chi connectivity index (χ2n) is 6.75. The third-order valence-electron chi connectivity index (χ3n) is 4.57. The first-order valence-corrected chi connectivity index (χ1v) is 8.73. The quantitative estimate of drug-likeness (QED) is 0.603. The molecule has 7 nitrogen and oxygen atoms in total. The fourth-order valence-corrected chi connectivity index (χ4v) is 2.88. The van der Waals surface area contributed by atoms with Crippen molar-refractivity contribution in [2.75, 3.05) is 13.1 Å². The molecule has 1 saturated heterocycles. The summed E-state index contributed by atoms with van der Waals surface area (Å²) in [7, 11) is 0. The van der Waals surface area contributed by atoms with Crippen molar-refractivity contribution in [1.29, 1.82) is 0 Å². The van der Waals surface area contributed by atoms with Gasteiger partial charge in [-0.3, -0.25) is 9.59 Å². The number of hydrogen-bond donors (Lipinski definition) is 3. The van der Waals surface area contributed by atoms with Crippen LogP contribution < -0.4 is 11.1 Å². The number of amides is 2. The van der Waals surface area contributed by atoms with Crippen molar-refractivity contribution in [3.8, 4) is 0 Å². The number of aliphatic hydroxyl groups excluding tert-OH is 1. The van der Waals surface area contributed by atoms with E-state index < -0.39 is 24.2 Å². The third-order valence-corrected chi connectivity index (χ3v) is 4.57. The number of ether oxygens (including phenoxy) is 1. The van der Waals surface area contributed by atoms with Crippen LogP contribution in [0.4, 0.5) is 0 Å². The molecule has 2 amide bonds. The number of nitrogens with two attached hydrogens (primary N) is 1. The van der Waals surface area contributed by atoms with Gasteiger partial charge in [0.2, 0.25) is 0 Å². The SMILES string of the molecule is NC(CN1CC[C@H](OCc2ccccc2)C1=O)C(O)C(=O)NC1CC1. The van der Waals surface area contributed by atoms with Gasteiger partial charge in [0.05, 0.1) is 12.6 Å². The molecule has 2 fully saturated rings. The predicted molar refractivity (Wildman–Crippen MR) is 91.4 cm³/mol. The Balaban J connectivity index is 1.45. The number of rotatable bonds is 8. The van der Waals surface area contributed by atoms with Crippen molar-refractivity contribution in [2.24, 2.45) is 5.73 Å². The van der Waals surface area contributed by atoms with E-state index in [9.17, 15) is 14.7 Å². The Kier molecular flexibility index (Phi) is 5.67. The van der Waals surface area contributed by atoms with E-state index in [1.54, 1.807) is 4.90 Å². The number of nitrogens with zero attached hydrogens (tertiary/aromatic N) is 1. The molecule has 0 spiro atoms. The Morgan fingerprint density at radius 1 is 1.32 bits per heavy atom. The molecule has 136 valence electrons. The summed E-state index contributed by atoms with van der Waals surface area (Å²) in [5.74, 6) is -0.597. The molecule has 0 bridgehead atoms. The van der Waals surface area contributed by atoms with Crippen LogP contribution in [0.25, 0.3) is 0 Å². The lowest BCUT2D eigenvalue weighted by molar-refractivity contribution is -0.139. The summed E-state index contributed by atoms with van der Waals surface area (Å²) < 4.78 is 5.71. The van der Waals surface area contributed by atoms with Gasteiger partial charge in [0, 0.05) is 25.6 Å². The maximum atomic E-state index is 12.4. The second kappa shape index (κ2) is 7.95. The van der Waals surface area contributed by atoms with E-state index in [-0.39, 0.29) is 18.5 Å². The second-order valence-corrected chi connectivity index (χ2v) is 6.75. The van der Waals surface area contributed by atoms with Gasteiger partial charge in [0.1, 0.15) is 12.2 Å². The van der Waals surface area contributed by atoms with Gasteiger partial charge in [0.25, 0.3) is 11.8 Å². The zero-order valence-corrected chi connectivity index (χ0v) is 14.1. The Morgan fingerprint density at radius 2 is 2.04 bits per heavy atom. The standard InChI is InChI=1S/C18H25N3O4/c19-14(16(22)17(23)20-13-6-7-13)10-21-9-8-15(18(21)24)25-11-12-4-2-1-3-5-12/h1-5,13-16,22H,6-11,19H2,(H,20,23)/t14?,15-,16?/m0/s1. The van der Waals surface area contributed by atoms with Crippen LogP contribution in [0, 0.1) is 0 Å². The topological polar surface area (TPSA) is 105 Å². The molecule has 0 radical (unpaired) electrons. The molecule has 4 N–H and O–H groups in total. The molecule has 25 heavy (non-hydrogen) atoms. The minimum Gasteiger partial charge on any atom is -0.382 e. The third kappa shape index (κ3) is 4.78. The van der Waals surface area contributed by atoms with Gasteiger partial charge in [-0.25, -0.2) is 0 Å². The van der Waals surface area contributed by atoms with E-state index in [1.807, 2.05) is 30.3 Å². The summed E-state index contributed by atoms with van der Waals surface area (Å²) in [5, 5.41) is 12.7. The molecule has 3 rings (SSSR count). The van der Waals surface area contributed by atoms with Crippen LogP contribution >= 0.6 is 0 Å². The molecule has 1 aromatic rings. The van der Waals surface area contributed by atoms with Crippen LogP contribution in [-0.4, -0.2) is 59.2 Å². The van der Waals surface area contributed by atoms with Crippen molar-refractivity contribution in [2.45, 2.75) is 50.2 Å². The van der Waals surface area contributed by atoms with Gasteiger partial charge in [-0.15, -0.1) is 0 Å². The van der Waals surface area contributed by atoms with E-state index in [2.05, 4.69) is 5.32 Å². The molecule has 7 heteroatoms. The van der Waals surface area contributed by atoms with E-state index >= 15 is 0 Å². The highest BCUT2D eigenvalue weighted by atomic mass is 16.5. The summed E-state index contributed by atoms with van der Waals surface area (Å²) in [6, 6.07) is 9.03. The molecular weight excluding hydrogens is 322 g/mol. The van der Waals surface area contributed by atoms with Crippen LogP contribution in [0.3, 0.4) is 0 Å². The molecule has 1 aliphatic carbocycles. The van der Waals surface area contributed by atoms with Gasteiger partial charge in [-0.2, -0.15) is 0 Å². The van der Waals surface area contributed by atoms with Gasteiger partial charge in [-0.1, -0.05) is 30.3 Å². The number of nitrogens with one attached hydrogen (secondary N) is 1. The Morgan fingerprint density at radius 3 is 2.72 bits per heavy atom. The number of carbonyl (C=O) groups excluding carboxylic acids is 2. The summed E-state index contributed by atoms with van der Waals surface area (Å²) in [6.45, 7) is 1.04. The molecule has 1 saturated carbocycles. The average molecular weight is 347 g/mol. The summed E-state index contributed by atoms with van der Waals surface area (Å²) >= 11 is 0. The fraction of sp³-hybridized carbons (Fsp3) is 0.556. The summed E-state index contributed by atoms with van der Waals surface area (Å²) in [5.41, 5.74) is 6.93. The van der Waals surface area contributed by atoms with Crippen molar-refractivity contribution < 1.29 is 19.4 Å². The maximum absolute atomic E-state index is 12.4. The van der Waals surface area contributed by atoms with Crippen LogP contribution in [0.5, 0.6) is 0 Å². The number of benzene rings is 1. The van der Waals surface area contributed by atoms with Crippen molar-refractivity contribution in [3.63, 3.8) is 0 Å². The molecule has 3 atom stereocenters. The van der Waals surface area contributed by atoms with E-state index in [0.29, 0.717) is 19.6 Å². The van der Waals surface area contributed by atoms with Crippen molar-refractivity contribution in [1.82, 2.24) is 10.2 Å². The number of hydrogen-bond acceptors (Lipinski definition) is 5. The maximum Gasteiger partial charge on any atom is 0.251 e. The molecular formula is C18H25N3O4. The van der Waals surface area contributed by atoms with Crippen LogP contribution in [-0.2, 0) is 20.9 Å². The number of carbonyl (C=O) groups is 2. The lowest BCUT2D eigenvalue weighted by Gasteiger charge is -2.24. The highest BCUT2D eigenvalue weighted by Crippen LogP contribution is 2.19. The minimum atomic E-state index is -1.31. The first-order valence-electron chi connectivity index (χ1n) is 8.73. The summed E-state index contributed by atoms with van der Waals surface area (Å²) in [6.07, 6.45) is 0.669. The Bertz CT molecular complexity index is 606. The van der Waals surface area contributed by atoms with Gasteiger partial charge >= 0.3 is 0 Å². The van der Waals surface area contributed by atoms with E-state index in [0.717, 1.165) is 18.4 Å². The Labute approximate surface area is 147 Å². The minimum absolute atomic E-state index is 0.138. The fourth-order valence-electron chi connectivity index (χ4n) is 2.88. The largest absolute Gasteiger partial charge is 0.382 e. The number of likely N-dealkylation sites (tertiary alicyclic amines) is 1. The van der Waals surface area contributed by atoms with Gasteiger partial charge < -0.3 is 25.8 Å². The highest BCUT2D eigenvalue weighted by Gasteiger charge is 2.36. The first kappa shape index (κ1) is 17.8. The van der Waals surface area contributed by atoms with Crippen molar-refractivity contribution in [3.05, 3.63) is 35.9 Å². The van der Waals surface area contributed by atoms with Crippen molar-refractivity contribution >= 4 is 11.8 Å². The number of aliphatic hydroxyl groups is 1. The van der Waals surface area contributed by atoms with E-state index in [1.165, 1.54) is 0 Å². The smallest absolute Gasteiger partial charge is 0.251 e. The normalized spacial score (nSPS) is 22.7. The molecule has 1 aromatic carbocycles. The first-order chi connectivity index (χ1) is 12.0.